The number of carbonyl (C=O) groups excluding carboxylic acids is 1. The summed E-state index contributed by atoms with van der Waals surface area (Å²) in [7, 11) is 3.10. The predicted molar refractivity (Wildman–Crippen MR) is 102 cm³/mol. The third-order valence-electron chi connectivity index (χ3n) is 3.77. The van der Waals surface area contributed by atoms with E-state index in [0.29, 0.717) is 23.7 Å². The van der Waals surface area contributed by atoms with Crippen LogP contribution in [0.15, 0.2) is 65.8 Å². The Morgan fingerprint density at radius 1 is 1.04 bits per heavy atom. The zero-order chi connectivity index (χ0) is 19.2. The van der Waals surface area contributed by atoms with Gasteiger partial charge in [-0.05, 0) is 35.9 Å². The highest BCUT2D eigenvalue weighted by molar-refractivity contribution is 6.13. The molecule has 0 amide bonds. The van der Waals surface area contributed by atoms with Gasteiger partial charge >= 0.3 is 5.97 Å². The quantitative estimate of drug-likeness (QED) is 0.426. The number of methoxy groups -OCH3 is 2. The first-order valence-electron chi connectivity index (χ1n) is 8.22. The van der Waals surface area contributed by atoms with Crippen molar-refractivity contribution >= 4 is 17.9 Å². The lowest BCUT2D eigenvalue weighted by atomic mass is 10.2. The van der Waals surface area contributed by atoms with E-state index in [1.54, 1.807) is 44.6 Å². The van der Waals surface area contributed by atoms with Crippen molar-refractivity contribution in [2.24, 2.45) is 4.99 Å². The topological polar surface area (TPSA) is 66.3 Å². The number of hydrogen-bond acceptors (Lipinski definition) is 6. The van der Waals surface area contributed by atoms with Crippen molar-refractivity contribution in [2.45, 2.75) is 0 Å². The zero-order valence-corrected chi connectivity index (χ0v) is 15.1. The van der Waals surface area contributed by atoms with Crippen LogP contribution in [0.4, 0.5) is 0 Å². The summed E-state index contributed by atoms with van der Waals surface area (Å²) in [5, 5.41) is 0. The van der Waals surface area contributed by atoms with Gasteiger partial charge in [-0.15, -0.1) is 0 Å². The van der Waals surface area contributed by atoms with Gasteiger partial charge in [-0.25, -0.2) is 9.79 Å². The van der Waals surface area contributed by atoms with Gasteiger partial charge in [0.1, 0.15) is 23.9 Å². The Kier molecular flexibility index (Phi) is 5.56. The summed E-state index contributed by atoms with van der Waals surface area (Å²) < 4.78 is 21.2. The summed E-state index contributed by atoms with van der Waals surface area (Å²) >= 11 is 0. The Morgan fingerprint density at radius 2 is 1.70 bits per heavy atom. The Bertz CT molecular complexity index is 890. The average Bonchev–Trinajstić information content (AvgIpc) is 3.07. The third kappa shape index (κ3) is 4.36. The Morgan fingerprint density at radius 3 is 2.30 bits per heavy atom. The van der Waals surface area contributed by atoms with E-state index in [2.05, 4.69) is 11.6 Å². The molecule has 1 aliphatic rings. The van der Waals surface area contributed by atoms with Crippen LogP contribution in [0.3, 0.4) is 0 Å². The lowest BCUT2D eigenvalue weighted by molar-refractivity contribution is -0.129. The Balaban J connectivity index is 1.85. The van der Waals surface area contributed by atoms with Crippen molar-refractivity contribution in [1.82, 2.24) is 0 Å². The largest absolute Gasteiger partial charge is 0.497 e. The van der Waals surface area contributed by atoms with E-state index in [-0.39, 0.29) is 11.6 Å². The molecule has 0 saturated carbocycles. The number of aliphatic imine (C=N–C) groups is 1. The summed E-state index contributed by atoms with van der Waals surface area (Å²) in [5.74, 6) is 1.57. The molecule has 0 radical (unpaired) electrons. The number of nitrogens with zero attached hydrogens (tertiary/aromatic N) is 1. The molecule has 0 aliphatic carbocycles. The van der Waals surface area contributed by atoms with E-state index in [9.17, 15) is 4.79 Å². The average molecular weight is 365 g/mol. The van der Waals surface area contributed by atoms with Crippen LogP contribution in [0, 0.1) is 0 Å². The first-order valence-corrected chi connectivity index (χ1v) is 8.22. The highest BCUT2D eigenvalue weighted by Gasteiger charge is 2.25. The second-order valence-corrected chi connectivity index (χ2v) is 5.61. The fraction of sp³-hybridized carbons (Fsp3) is 0.143. The second-order valence-electron chi connectivity index (χ2n) is 5.61. The number of benzene rings is 2. The van der Waals surface area contributed by atoms with Crippen LogP contribution in [-0.4, -0.2) is 32.7 Å². The summed E-state index contributed by atoms with van der Waals surface area (Å²) in [5.41, 5.74) is 1.61. The van der Waals surface area contributed by atoms with Crippen molar-refractivity contribution in [2.75, 3.05) is 20.8 Å². The fourth-order valence-electron chi connectivity index (χ4n) is 2.44. The minimum absolute atomic E-state index is 0.203. The van der Waals surface area contributed by atoms with E-state index in [1.807, 2.05) is 24.3 Å². The van der Waals surface area contributed by atoms with Crippen LogP contribution in [0.1, 0.15) is 11.1 Å². The highest BCUT2D eigenvalue weighted by Crippen LogP contribution is 2.26. The maximum Gasteiger partial charge on any atom is 0.363 e. The first-order chi connectivity index (χ1) is 13.1. The molecule has 1 aliphatic heterocycles. The molecule has 0 aromatic heterocycles. The van der Waals surface area contributed by atoms with Crippen LogP contribution >= 0.6 is 0 Å². The van der Waals surface area contributed by atoms with Gasteiger partial charge in [0, 0.05) is 11.6 Å². The van der Waals surface area contributed by atoms with Crippen LogP contribution in [0.2, 0.25) is 0 Å². The van der Waals surface area contributed by atoms with E-state index in [0.717, 1.165) is 11.3 Å². The lowest BCUT2D eigenvalue weighted by Crippen LogP contribution is -2.06. The molecule has 0 atom stereocenters. The third-order valence-corrected chi connectivity index (χ3v) is 3.77. The molecule has 3 rings (SSSR count). The molecule has 1 heterocycles. The first kappa shape index (κ1) is 18.3. The Hall–Kier alpha value is -3.54. The molecule has 2 aromatic rings. The van der Waals surface area contributed by atoms with Gasteiger partial charge in [-0.1, -0.05) is 24.8 Å². The van der Waals surface area contributed by atoms with Gasteiger partial charge in [0.05, 0.1) is 14.2 Å². The molecule has 27 heavy (non-hydrogen) atoms. The number of rotatable bonds is 7. The second kappa shape index (κ2) is 8.23. The maximum atomic E-state index is 12.2. The molecule has 0 bridgehead atoms. The molecule has 6 nitrogen and oxygen atoms in total. The fourth-order valence-corrected chi connectivity index (χ4v) is 2.44. The van der Waals surface area contributed by atoms with E-state index >= 15 is 0 Å². The summed E-state index contributed by atoms with van der Waals surface area (Å²) in [6.07, 6.45) is 3.33. The van der Waals surface area contributed by atoms with Crippen molar-refractivity contribution in [3.63, 3.8) is 0 Å². The minimum atomic E-state index is -0.515. The monoisotopic (exact) mass is 365 g/mol. The predicted octanol–water partition coefficient (Wildman–Crippen LogP) is 3.61. The van der Waals surface area contributed by atoms with Crippen LogP contribution in [0.5, 0.6) is 17.2 Å². The molecular weight excluding hydrogens is 346 g/mol. The summed E-state index contributed by atoms with van der Waals surface area (Å²) in [6, 6.07) is 12.5. The van der Waals surface area contributed by atoms with Gasteiger partial charge in [0.15, 0.2) is 5.70 Å². The van der Waals surface area contributed by atoms with E-state index < -0.39 is 5.97 Å². The number of hydrogen-bond donors (Lipinski definition) is 0. The van der Waals surface area contributed by atoms with Gasteiger partial charge in [0.2, 0.25) is 5.90 Å². The number of esters is 1. The van der Waals surface area contributed by atoms with Crippen LogP contribution in [0.25, 0.3) is 6.08 Å². The lowest BCUT2D eigenvalue weighted by Gasteiger charge is -2.07. The van der Waals surface area contributed by atoms with E-state index in [4.69, 9.17) is 18.9 Å². The zero-order valence-electron chi connectivity index (χ0n) is 15.1. The van der Waals surface area contributed by atoms with Crippen LogP contribution < -0.4 is 14.2 Å². The normalized spacial score (nSPS) is 14.5. The smallest absolute Gasteiger partial charge is 0.363 e. The van der Waals surface area contributed by atoms with Gasteiger partial charge in [-0.3, -0.25) is 0 Å². The summed E-state index contributed by atoms with van der Waals surface area (Å²) in [4.78, 5) is 16.5. The minimum Gasteiger partial charge on any atom is -0.497 e. The van der Waals surface area contributed by atoms with Crippen molar-refractivity contribution < 1.29 is 23.7 Å². The van der Waals surface area contributed by atoms with Crippen molar-refractivity contribution in [3.05, 3.63) is 71.9 Å². The maximum absolute atomic E-state index is 12.2. The molecule has 0 spiro atoms. The van der Waals surface area contributed by atoms with E-state index in [1.165, 1.54) is 0 Å². The molecule has 138 valence electrons. The Labute approximate surface area is 157 Å². The molecular formula is C21H19NO5. The molecule has 0 saturated heterocycles. The highest BCUT2D eigenvalue weighted by atomic mass is 16.6. The van der Waals surface area contributed by atoms with Gasteiger partial charge < -0.3 is 18.9 Å². The molecule has 0 N–H and O–H groups in total. The SMILES string of the molecule is C=CCOc1ccc(C=C2N=C(c3cc(OC)cc(OC)c3)OC2=O)cc1. The van der Waals surface area contributed by atoms with Crippen molar-refractivity contribution in [1.29, 1.82) is 0 Å². The number of cyclic esters (lactones) is 1. The number of ether oxygens (including phenoxy) is 4. The van der Waals surface area contributed by atoms with Crippen molar-refractivity contribution in [3.8, 4) is 17.2 Å². The molecule has 0 fully saturated rings. The molecule has 0 unspecified atom stereocenters. The summed E-state index contributed by atoms with van der Waals surface area (Å²) in [6.45, 7) is 4.04. The van der Waals surface area contributed by atoms with Gasteiger partial charge in [0.25, 0.3) is 0 Å². The van der Waals surface area contributed by atoms with Crippen LogP contribution in [-0.2, 0) is 9.53 Å². The molecule has 6 heteroatoms. The van der Waals surface area contributed by atoms with Gasteiger partial charge in [-0.2, -0.15) is 0 Å². The number of carbonyl (C=O) groups is 1. The standard InChI is InChI=1S/C21H19NO5/c1-4-9-26-16-7-5-14(6-8-16)10-19-21(23)27-20(22-19)15-11-17(24-2)13-18(12-15)25-3/h4-8,10-13H,1,9H2,2-3H3. The molecule has 2 aromatic carbocycles.